The van der Waals surface area contributed by atoms with E-state index in [0.29, 0.717) is 12.3 Å². The number of anilines is 3. The average Bonchev–Trinajstić information content (AvgIpc) is 3.24. The van der Waals surface area contributed by atoms with Gasteiger partial charge in [0.1, 0.15) is 17.7 Å². The number of benzene rings is 1. The van der Waals surface area contributed by atoms with Gasteiger partial charge in [0, 0.05) is 38.5 Å². The quantitative estimate of drug-likeness (QED) is 0.897. The van der Waals surface area contributed by atoms with E-state index >= 15 is 0 Å². The Hall–Kier alpha value is -2.67. The van der Waals surface area contributed by atoms with Gasteiger partial charge in [-0.25, -0.2) is 9.37 Å². The number of pyridine rings is 1. The van der Waals surface area contributed by atoms with Crippen molar-refractivity contribution in [2.45, 2.75) is 18.9 Å². The fraction of sp³-hybridized carbons (Fsp3) is 0.400. The lowest BCUT2D eigenvalue weighted by molar-refractivity contribution is -0.124. The van der Waals surface area contributed by atoms with Crippen molar-refractivity contribution in [1.82, 2.24) is 4.98 Å². The lowest BCUT2D eigenvalue weighted by Gasteiger charge is -2.36. The fourth-order valence-corrected chi connectivity index (χ4v) is 3.50. The predicted octanol–water partition coefficient (Wildman–Crippen LogP) is 2.66. The number of carbonyl (C=O) groups is 1. The molecule has 6 nitrogen and oxygen atoms in total. The van der Waals surface area contributed by atoms with Crippen LogP contribution >= 0.6 is 0 Å². The molecule has 27 heavy (non-hydrogen) atoms. The molecule has 0 saturated carbocycles. The Kier molecular flexibility index (Phi) is 5.20. The second-order valence-electron chi connectivity index (χ2n) is 6.85. The van der Waals surface area contributed by atoms with Crippen LogP contribution < -0.4 is 15.1 Å². The number of nitrogens with one attached hydrogen (secondary N) is 1. The van der Waals surface area contributed by atoms with Crippen LogP contribution in [0.3, 0.4) is 0 Å². The number of amides is 1. The summed E-state index contributed by atoms with van der Waals surface area (Å²) >= 11 is 0. The number of aromatic nitrogens is 1. The first-order chi connectivity index (χ1) is 13.2. The van der Waals surface area contributed by atoms with E-state index in [4.69, 9.17) is 4.74 Å². The number of hydrogen-bond acceptors (Lipinski definition) is 5. The van der Waals surface area contributed by atoms with Crippen LogP contribution in [-0.2, 0) is 9.53 Å². The Balaban J connectivity index is 1.32. The minimum Gasteiger partial charge on any atom is -0.368 e. The molecule has 2 aliphatic heterocycles. The molecule has 0 spiro atoms. The zero-order valence-corrected chi connectivity index (χ0v) is 15.1. The van der Waals surface area contributed by atoms with Gasteiger partial charge in [0.05, 0.1) is 11.9 Å². The summed E-state index contributed by atoms with van der Waals surface area (Å²) in [6, 6.07) is 10.4. The van der Waals surface area contributed by atoms with Crippen LogP contribution in [0.2, 0.25) is 0 Å². The first kappa shape index (κ1) is 17.7. The zero-order chi connectivity index (χ0) is 18.6. The van der Waals surface area contributed by atoms with Crippen molar-refractivity contribution in [1.29, 1.82) is 0 Å². The third-order valence-electron chi connectivity index (χ3n) is 5.03. The van der Waals surface area contributed by atoms with E-state index in [9.17, 15) is 9.18 Å². The minimum absolute atomic E-state index is 0.102. The Morgan fingerprint density at radius 3 is 2.44 bits per heavy atom. The molecule has 1 aromatic heterocycles. The maximum atomic E-state index is 13.1. The van der Waals surface area contributed by atoms with E-state index < -0.39 is 0 Å². The summed E-state index contributed by atoms with van der Waals surface area (Å²) in [5.41, 5.74) is 1.72. The normalized spacial score (nSPS) is 20.0. The highest BCUT2D eigenvalue weighted by Gasteiger charge is 2.24. The number of hydrogen-bond donors (Lipinski definition) is 1. The Morgan fingerprint density at radius 1 is 1.07 bits per heavy atom. The summed E-state index contributed by atoms with van der Waals surface area (Å²) in [4.78, 5) is 21.0. The third kappa shape index (κ3) is 4.19. The lowest BCUT2D eigenvalue weighted by Crippen LogP contribution is -2.46. The van der Waals surface area contributed by atoms with E-state index in [0.717, 1.165) is 50.5 Å². The molecule has 7 heteroatoms. The van der Waals surface area contributed by atoms with Crippen molar-refractivity contribution in [3.63, 3.8) is 0 Å². The zero-order valence-electron chi connectivity index (χ0n) is 15.1. The monoisotopic (exact) mass is 370 g/mol. The van der Waals surface area contributed by atoms with Gasteiger partial charge in [-0.3, -0.25) is 4.79 Å². The van der Waals surface area contributed by atoms with Gasteiger partial charge in [-0.1, -0.05) is 0 Å². The van der Waals surface area contributed by atoms with Gasteiger partial charge >= 0.3 is 0 Å². The Bertz CT molecular complexity index is 768. The van der Waals surface area contributed by atoms with Gasteiger partial charge in [-0.05, 0) is 49.2 Å². The molecular formula is C20H23FN4O2. The minimum atomic E-state index is -0.343. The fourth-order valence-electron chi connectivity index (χ4n) is 3.50. The maximum absolute atomic E-state index is 13.1. The highest BCUT2D eigenvalue weighted by atomic mass is 19.1. The molecule has 2 aromatic rings. The molecule has 0 aliphatic carbocycles. The van der Waals surface area contributed by atoms with Crippen molar-refractivity contribution in [2.75, 3.05) is 47.9 Å². The van der Waals surface area contributed by atoms with Gasteiger partial charge < -0.3 is 19.9 Å². The molecule has 0 radical (unpaired) electrons. The number of ether oxygens (including phenoxy) is 1. The van der Waals surface area contributed by atoms with E-state index in [1.165, 1.54) is 12.1 Å². The molecule has 2 aliphatic rings. The van der Waals surface area contributed by atoms with Crippen LogP contribution in [0, 0.1) is 5.82 Å². The summed E-state index contributed by atoms with van der Waals surface area (Å²) in [7, 11) is 0. The van der Waals surface area contributed by atoms with E-state index in [2.05, 4.69) is 20.1 Å². The molecule has 1 aromatic carbocycles. The van der Waals surface area contributed by atoms with Gasteiger partial charge in [0.25, 0.3) is 5.91 Å². The first-order valence-corrected chi connectivity index (χ1v) is 9.33. The molecule has 2 fully saturated rings. The van der Waals surface area contributed by atoms with Crippen molar-refractivity contribution in [3.05, 3.63) is 48.4 Å². The van der Waals surface area contributed by atoms with Crippen LogP contribution in [0.1, 0.15) is 12.8 Å². The van der Waals surface area contributed by atoms with Gasteiger partial charge in [-0.2, -0.15) is 0 Å². The molecule has 4 rings (SSSR count). The topological polar surface area (TPSA) is 57.7 Å². The molecule has 1 N–H and O–H groups in total. The van der Waals surface area contributed by atoms with Crippen molar-refractivity contribution < 1.29 is 13.9 Å². The van der Waals surface area contributed by atoms with Crippen LogP contribution in [0.4, 0.5) is 21.6 Å². The molecule has 1 amide bonds. The lowest BCUT2D eigenvalue weighted by atomic mass is 10.2. The summed E-state index contributed by atoms with van der Waals surface area (Å²) in [5.74, 6) is 0.576. The summed E-state index contributed by atoms with van der Waals surface area (Å²) < 4.78 is 18.5. The highest BCUT2D eigenvalue weighted by Crippen LogP contribution is 2.21. The number of halogens is 1. The highest BCUT2D eigenvalue weighted by molar-refractivity contribution is 5.94. The number of piperazine rings is 1. The Morgan fingerprint density at radius 2 is 1.81 bits per heavy atom. The van der Waals surface area contributed by atoms with Crippen LogP contribution in [-0.4, -0.2) is 49.8 Å². The van der Waals surface area contributed by atoms with Crippen LogP contribution in [0.25, 0.3) is 0 Å². The summed E-state index contributed by atoms with van der Waals surface area (Å²) in [6.45, 7) is 4.03. The smallest absolute Gasteiger partial charge is 0.253 e. The van der Waals surface area contributed by atoms with Gasteiger partial charge in [-0.15, -0.1) is 0 Å². The molecule has 0 bridgehead atoms. The SMILES string of the molecule is O=C(Nc1ccc(N2CCN(c3ccc(F)cc3)CC2)nc1)C1CCCO1. The van der Waals surface area contributed by atoms with Crippen molar-refractivity contribution in [2.24, 2.45) is 0 Å². The largest absolute Gasteiger partial charge is 0.368 e. The average molecular weight is 370 g/mol. The molecule has 142 valence electrons. The van der Waals surface area contributed by atoms with Crippen LogP contribution in [0.15, 0.2) is 42.6 Å². The molecule has 2 saturated heterocycles. The summed E-state index contributed by atoms with van der Waals surface area (Å²) in [5, 5.41) is 2.86. The standard InChI is InChI=1S/C20H23FN4O2/c21-15-3-6-17(7-4-15)24-9-11-25(12-10-24)19-8-5-16(14-22-19)23-20(26)18-2-1-13-27-18/h3-8,14,18H,1-2,9-13H2,(H,23,26). The van der Waals surface area contributed by atoms with Crippen LogP contribution in [0.5, 0.6) is 0 Å². The number of rotatable bonds is 4. The maximum Gasteiger partial charge on any atom is 0.253 e. The second-order valence-corrected chi connectivity index (χ2v) is 6.85. The third-order valence-corrected chi connectivity index (χ3v) is 5.03. The number of carbonyl (C=O) groups excluding carboxylic acids is 1. The second kappa shape index (κ2) is 7.92. The van der Waals surface area contributed by atoms with Crippen molar-refractivity contribution >= 4 is 23.1 Å². The molecule has 1 unspecified atom stereocenters. The van der Waals surface area contributed by atoms with E-state index in [-0.39, 0.29) is 17.8 Å². The molecular weight excluding hydrogens is 347 g/mol. The van der Waals surface area contributed by atoms with Gasteiger partial charge in [0.15, 0.2) is 0 Å². The van der Waals surface area contributed by atoms with E-state index in [1.807, 2.05) is 24.3 Å². The predicted molar refractivity (Wildman–Crippen MR) is 103 cm³/mol. The summed E-state index contributed by atoms with van der Waals surface area (Å²) in [6.07, 6.45) is 3.05. The molecule has 1 atom stereocenters. The van der Waals surface area contributed by atoms with E-state index in [1.54, 1.807) is 6.20 Å². The first-order valence-electron chi connectivity index (χ1n) is 9.33. The number of nitrogens with zero attached hydrogens (tertiary/aromatic N) is 3. The van der Waals surface area contributed by atoms with Crippen molar-refractivity contribution in [3.8, 4) is 0 Å². The Labute approximate surface area is 157 Å². The van der Waals surface area contributed by atoms with Gasteiger partial charge in [0.2, 0.25) is 0 Å². The molecule has 3 heterocycles.